The summed E-state index contributed by atoms with van der Waals surface area (Å²) in [5.74, 6) is 1.79. The smallest absolute Gasteiger partial charge is 0.126 e. The first-order chi connectivity index (χ1) is 9.67. The highest BCUT2D eigenvalue weighted by atomic mass is 16.5. The Hall–Kier alpha value is -2.20. The molecule has 0 aromatic heterocycles. The van der Waals surface area contributed by atoms with Gasteiger partial charge in [0.15, 0.2) is 0 Å². The van der Waals surface area contributed by atoms with Gasteiger partial charge in [0.25, 0.3) is 0 Å². The van der Waals surface area contributed by atoms with Crippen LogP contribution < -0.4 is 15.2 Å². The fraction of sp³-hybridized carbons (Fsp3) is 0.250. The van der Waals surface area contributed by atoms with Crippen molar-refractivity contribution < 1.29 is 14.6 Å². The van der Waals surface area contributed by atoms with Crippen LogP contribution in [0, 0.1) is 0 Å². The van der Waals surface area contributed by atoms with Crippen molar-refractivity contribution in [3.63, 3.8) is 0 Å². The number of nitrogens with two attached hydrogens (primary N) is 1. The van der Waals surface area contributed by atoms with Gasteiger partial charge in [-0.3, -0.25) is 0 Å². The van der Waals surface area contributed by atoms with Gasteiger partial charge in [-0.25, -0.2) is 0 Å². The minimum Gasteiger partial charge on any atom is -0.508 e. The number of benzene rings is 2. The average Bonchev–Trinajstić information content (AvgIpc) is 2.47. The molecule has 0 fully saturated rings. The van der Waals surface area contributed by atoms with E-state index >= 15 is 0 Å². The molecule has 1 aliphatic rings. The molecule has 0 radical (unpaired) electrons. The van der Waals surface area contributed by atoms with Gasteiger partial charge in [-0.2, -0.15) is 0 Å². The minimum atomic E-state index is -0.141. The quantitative estimate of drug-likeness (QED) is 0.881. The molecule has 2 atom stereocenters. The molecule has 0 saturated carbocycles. The van der Waals surface area contributed by atoms with Gasteiger partial charge in [-0.15, -0.1) is 0 Å². The molecule has 0 spiro atoms. The standard InChI is InChI=1S/C16H17NO3/c1-19-12-5-6-15-13(8-12)14(17)9-16(20-15)10-3-2-4-11(18)7-10/h2-8,14,16,18H,9,17H2,1H3/t14-,16?/m1/s1. The van der Waals surface area contributed by atoms with Crippen molar-refractivity contribution in [1.82, 2.24) is 0 Å². The van der Waals surface area contributed by atoms with E-state index in [4.69, 9.17) is 15.2 Å². The molecule has 0 amide bonds. The molecule has 2 aromatic carbocycles. The highest BCUT2D eigenvalue weighted by Crippen LogP contribution is 2.41. The lowest BCUT2D eigenvalue weighted by Crippen LogP contribution is -2.24. The summed E-state index contributed by atoms with van der Waals surface area (Å²) < 4.78 is 11.2. The molecule has 3 N–H and O–H groups in total. The zero-order valence-electron chi connectivity index (χ0n) is 11.2. The van der Waals surface area contributed by atoms with Crippen molar-refractivity contribution in [3.8, 4) is 17.2 Å². The molecule has 1 aliphatic heterocycles. The van der Waals surface area contributed by atoms with E-state index in [1.54, 1.807) is 19.2 Å². The molecule has 4 nitrogen and oxygen atoms in total. The second-order valence-electron chi connectivity index (χ2n) is 4.95. The van der Waals surface area contributed by atoms with E-state index in [2.05, 4.69) is 0 Å². The fourth-order valence-electron chi connectivity index (χ4n) is 2.54. The van der Waals surface area contributed by atoms with E-state index in [1.807, 2.05) is 30.3 Å². The Morgan fingerprint density at radius 3 is 2.85 bits per heavy atom. The van der Waals surface area contributed by atoms with Gasteiger partial charge in [-0.05, 0) is 35.9 Å². The summed E-state index contributed by atoms with van der Waals surface area (Å²) in [7, 11) is 1.63. The predicted molar refractivity (Wildman–Crippen MR) is 76.0 cm³/mol. The Morgan fingerprint density at radius 2 is 2.10 bits per heavy atom. The first-order valence-corrected chi connectivity index (χ1v) is 6.56. The van der Waals surface area contributed by atoms with E-state index in [0.717, 1.165) is 22.6 Å². The van der Waals surface area contributed by atoms with Gasteiger partial charge in [0, 0.05) is 18.0 Å². The number of hydrogen-bond acceptors (Lipinski definition) is 4. The normalized spacial score (nSPS) is 20.9. The first kappa shape index (κ1) is 12.8. The average molecular weight is 271 g/mol. The number of ether oxygens (including phenoxy) is 2. The number of phenolic OH excluding ortho intramolecular Hbond substituents is 1. The van der Waals surface area contributed by atoms with Crippen molar-refractivity contribution in [1.29, 1.82) is 0 Å². The molecule has 1 heterocycles. The van der Waals surface area contributed by atoms with Crippen LogP contribution in [0.3, 0.4) is 0 Å². The molecular weight excluding hydrogens is 254 g/mol. The van der Waals surface area contributed by atoms with Crippen LogP contribution in [0.15, 0.2) is 42.5 Å². The van der Waals surface area contributed by atoms with Crippen molar-refractivity contribution in [2.75, 3.05) is 7.11 Å². The number of hydrogen-bond donors (Lipinski definition) is 2. The van der Waals surface area contributed by atoms with E-state index in [9.17, 15) is 5.11 Å². The molecule has 3 rings (SSSR count). The molecule has 0 aliphatic carbocycles. The van der Waals surface area contributed by atoms with Crippen LogP contribution in [0.25, 0.3) is 0 Å². The molecule has 2 aromatic rings. The SMILES string of the molecule is COc1ccc2c(c1)[C@H](N)CC(c1cccc(O)c1)O2. The minimum absolute atomic E-state index is 0.110. The second-order valence-corrected chi connectivity index (χ2v) is 4.95. The summed E-state index contributed by atoms with van der Waals surface area (Å²) in [6, 6.07) is 12.6. The summed E-state index contributed by atoms with van der Waals surface area (Å²) in [5.41, 5.74) is 8.13. The number of aromatic hydroxyl groups is 1. The lowest BCUT2D eigenvalue weighted by molar-refractivity contribution is 0.161. The number of methoxy groups -OCH3 is 1. The summed E-state index contributed by atoms with van der Waals surface area (Å²) in [6.07, 6.45) is 0.530. The maximum atomic E-state index is 9.57. The topological polar surface area (TPSA) is 64.7 Å². The Balaban J connectivity index is 1.93. The van der Waals surface area contributed by atoms with E-state index in [1.165, 1.54) is 0 Å². The van der Waals surface area contributed by atoms with Gasteiger partial charge in [-0.1, -0.05) is 12.1 Å². The molecular formula is C16H17NO3. The van der Waals surface area contributed by atoms with Gasteiger partial charge in [0.1, 0.15) is 23.4 Å². The van der Waals surface area contributed by atoms with Crippen molar-refractivity contribution in [2.24, 2.45) is 5.73 Å². The monoisotopic (exact) mass is 271 g/mol. The highest BCUT2D eigenvalue weighted by Gasteiger charge is 2.27. The van der Waals surface area contributed by atoms with Gasteiger partial charge < -0.3 is 20.3 Å². The zero-order valence-corrected chi connectivity index (χ0v) is 11.2. The Labute approximate surface area is 117 Å². The van der Waals surface area contributed by atoms with E-state index in [0.29, 0.717) is 6.42 Å². The Kier molecular flexibility index (Phi) is 3.24. The summed E-state index contributed by atoms with van der Waals surface area (Å²) >= 11 is 0. The summed E-state index contributed by atoms with van der Waals surface area (Å²) in [6.45, 7) is 0. The molecule has 20 heavy (non-hydrogen) atoms. The van der Waals surface area contributed by atoms with Crippen LogP contribution in [0.2, 0.25) is 0 Å². The highest BCUT2D eigenvalue weighted by molar-refractivity contribution is 5.44. The van der Waals surface area contributed by atoms with Gasteiger partial charge in [0.2, 0.25) is 0 Å². The number of rotatable bonds is 2. The van der Waals surface area contributed by atoms with Crippen LogP contribution in [0.5, 0.6) is 17.2 Å². The summed E-state index contributed by atoms with van der Waals surface area (Å²) in [4.78, 5) is 0. The number of phenols is 1. The van der Waals surface area contributed by atoms with Crippen LogP contribution in [-0.4, -0.2) is 12.2 Å². The lowest BCUT2D eigenvalue weighted by Gasteiger charge is -2.30. The maximum absolute atomic E-state index is 9.57. The molecule has 0 bridgehead atoms. The Bertz CT molecular complexity index is 627. The van der Waals surface area contributed by atoms with Crippen molar-refractivity contribution in [2.45, 2.75) is 18.6 Å². The maximum Gasteiger partial charge on any atom is 0.126 e. The third-order valence-corrected chi connectivity index (χ3v) is 3.60. The van der Waals surface area contributed by atoms with Crippen molar-refractivity contribution in [3.05, 3.63) is 53.6 Å². The summed E-state index contributed by atoms with van der Waals surface area (Å²) in [5, 5.41) is 9.57. The third-order valence-electron chi connectivity index (χ3n) is 3.60. The molecule has 4 heteroatoms. The van der Waals surface area contributed by atoms with Gasteiger partial charge in [0.05, 0.1) is 7.11 Å². The largest absolute Gasteiger partial charge is 0.508 e. The predicted octanol–water partition coefficient (Wildman–Crippen LogP) is 2.92. The lowest BCUT2D eigenvalue weighted by atomic mass is 9.93. The molecule has 1 unspecified atom stereocenters. The third kappa shape index (κ3) is 2.30. The van der Waals surface area contributed by atoms with Crippen LogP contribution in [-0.2, 0) is 0 Å². The molecule has 0 saturated heterocycles. The Morgan fingerprint density at radius 1 is 1.25 bits per heavy atom. The number of fused-ring (bicyclic) bond motifs is 1. The van der Waals surface area contributed by atoms with Gasteiger partial charge >= 0.3 is 0 Å². The van der Waals surface area contributed by atoms with E-state index < -0.39 is 0 Å². The second kappa shape index (κ2) is 5.06. The van der Waals surface area contributed by atoms with Crippen molar-refractivity contribution >= 4 is 0 Å². The fourth-order valence-corrected chi connectivity index (χ4v) is 2.54. The molecule has 104 valence electrons. The van der Waals surface area contributed by atoms with E-state index in [-0.39, 0.29) is 17.9 Å². The van der Waals surface area contributed by atoms with Crippen LogP contribution in [0.1, 0.15) is 29.7 Å². The van der Waals surface area contributed by atoms with Crippen LogP contribution >= 0.6 is 0 Å². The zero-order chi connectivity index (χ0) is 14.1. The van der Waals surface area contributed by atoms with Crippen LogP contribution in [0.4, 0.5) is 0 Å². The first-order valence-electron chi connectivity index (χ1n) is 6.56.